The smallest absolute Gasteiger partial charge is 0.319 e. The number of anilines is 1. The summed E-state index contributed by atoms with van der Waals surface area (Å²) in [4.78, 5) is 16.5. The van der Waals surface area contributed by atoms with Crippen LogP contribution in [0.4, 0.5) is 10.5 Å². The maximum absolute atomic E-state index is 12.2. The van der Waals surface area contributed by atoms with E-state index in [9.17, 15) is 4.79 Å². The predicted octanol–water partition coefficient (Wildman–Crippen LogP) is 2.76. The van der Waals surface area contributed by atoms with Crippen molar-refractivity contribution in [2.45, 2.75) is 32.2 Å². The first kappa shape index (κ1) is 17.0. The number of hydrogen-bond acceptors (Lipinski definition) is 3. The summed E-state index contributed by atoms with van der Waals surface area (Å²) in [6, 6.07) is 7.28. The third-order valence-electron chi connectivity index (χ3n) is 4.06. The van der Waals surface area contributed by atoms with Gasteiger partial charge in [-0.25, -0.2) is 9.78 Å². The van der Waals surface area contributed by atoms with Gasteiger partial charge >= 0.3 is 6.03 Å². The van der Waals surface area contributed by atoms with Crippen LogP contribution < -0.4 is 10.6 Å². The number of nitrogens with zero attached hydrogens (tertiary/aromatic N) is 2. The van der Waals surface area contributed by atoms with Gasteiger partial charge in [0, 0.05) is 42.8 Å². The van der Waals surface area contributed by atoms with Gasteiger partial charge in [-0.3, -0.25) is 0 Å². The first-order chi connectivity index (χ1) is 11.0. The molecule has 0 bridgehead atoms. The number of hydrogen-bond donors (Lipinski definition) is 3. The van der Waals surface area contributed by atoms with Gasteiger partial charge in [-0.15, -0.1) is 0 Å². The first-order valence-corrected chi connectivity index (χ1v) is 7.75. The maximum atomic E-state index is 12.2. The Hall–Kier alpha value is -2.34. The van der Waals surface area contributed by atoms with E-state index < -0.39 is 5.54 Å². The van der Waals surface area contributed by atoms with E-state index >= 15 is 0 Å². The third kappa shape index (κ3) is 4.32. The van der Waals surface area contributed by atoms with Crippen LogP contribution in [0.15, 0.2) is 36.7 Å². The molecule has 0 saturated carbocycles. The zero-order valence-electron chi connectivity index (χ0n) is 13.8. The Labute approximate surface area is 136 Å². The van der Waals surface area contributed by atoms with Crippen LogP contribution in [0.1, 0.15) is 26.7 Å². The summed E-state index contributed by atoms with van der Waals surface area (Å²) in [5, 5.41) is 14.9. The van der Waals surface area contributed by atoms with Gasteiger partial charge in [-0.2, -0.15) is 0 Å². The number of nitrogens with one attached hydrogen (secondary N) is 2. The van der Waals surface area contributed by atoms with Crippen LogP contribution in [0, 0.1) is 0 Å². The summed E-state index contributed by atoms with van der Waals surface area (Å²) in [5.74, 6) is 0.840. The van der Waals surface area contributed by atoms with Crippen LogP contribution in [0.3, 0.4) is 0 Å². The summed E-state index contributed by atoms with van der Waals surface area (Å²) >= 11 is 0. The second-order valence-corrected chi connectivity index (χ2v) is 5.91. The number of imidazole rings is 1. The number of aliphatic hydroxyl groups is 1. The zero-order chi connectivity index (χ0) is 16.9. The Bertz CT molecular complexity index is 668. The lowest BCUT2D eigenvalue weighted by Gasteiger charge is -2.29. The molecule has 0 fully saturated rings. The van der Waals surface area contributed by atoms with E-state index in [2.05, 4.69) is 15.6 Å². The van der Waals surface area contributed by atoms with E-state index in [1.807, 2.05) is 55.9 Å². The molecule has 0 spiro atoms. The molecule has 0 radical (unpaired) electrons. The summed E-state index contributed by atoms with van der Waals surface area (Å²) in [7, 11) is 1.93. The van der Waals surface area contributed by atoms with Gasteiger partial charge in [-0.1, -0.05) is 19.1 Å². The van der Waals surface area contributed by atoms with Crippen LogP contribution in [-0.4, -0.2) is 32.8 Å². The Balaban J connectivity index is 2.09. The minimum atomic E-state index is -0.421. The zero-order valence-corrected chi connectivity index (χ0v) is 13.8. The Morgan fingerprint density at radius 3 is 2.83 bits per heavy atom. The number of amides is 2. The molecule has 0 saturated heterocycles. The van der Waals surface area contributed by atoms with Crippen molar-refractivity contribution in [2.24, 2.45) is 7.05 Å². The van der Waals surface area contributed by atoms with Crippen molar-refractivity contribution in [1.29, 1.82) is 0 Å². The Morgan fingerprint density at radius 1 is 1.43 bits per heavy atom. The lowest BCUT2D eigenvalue weighted by molar-refractivity contribution is 0.208. The molecule has 1 aromatic carbocycles. The monoisotopic (exact) mass is 316 g/mol. The van der Waals surface area contributed by atoms with E-state index in [1.54, 1.807) is 6.20 Å². The van der Waals surface area contributed by atoms with Gasteiger partial charge in [0.25, 0.3) is 0 Å². The number of rotatable bonds is 6. The van der Waals surface area contributed by atoms with Crippen molar-refractivity contribution < 1.29 is 9.90 Å². The van der Waals surface area contributed by atoms with Gasteiger partial charge in [0.15, 0.2) is 0 Å². The van der Waals surface area contributed by atoms with Gasteiger partial charge in [0.2, 0.25) is 0 Å². The fraction of sp³-hybridized carbons (Fsp3) is 0.412. The highest BCUT2D eigenvalue weighted by molar-refractivity contribution is 5.90. The molecule has 1 aromatic heterocycles. The number of aliphatic hydroxyl groups excluding tert-OH is 1. The highest BCUT2D eigenvalue weighted by atomic mass is 16.3. The van der Waals surface area contributed by atoms with E-state index in [4.69, 9.17) is 5.11 Å². The molecular formula is C17H24N4O2. The Morgan fingerprint density at radius 2 is 2.22 bits per heavy atom. The molecule has 2 amide bonds. The van der Waals surface area contributed by atoms with E-state index in [0.717, 1.165) is 17.8 Å². The molecule has 3 N–H and O–H groups in total. The SMILES string of the molecule is CCC(C)(CCO)NC(=O)Nc1cccc(-c2nccn2C)c1. The maximum Gasteiger partial charge on any atom is 0.319 e. The van der Waals surface area contributed by atoms with Crippen LogP contribution in [-0.2, 0) is 7.05 Å². The number of urea groups is 1. The second-order valence-electron chi connectivity index (χ2n) is 5.91. The average Bonchev–Trinajstić information content (AvgIpc) is 2.93. The van der Waals surface area contributed by atoms with Crippen LogP contribution in [0.25, 0.3) is 11.4 Å². The second kappa shape index (κ2) is 7.28. The largest absolute Gasteiger partial charge is 0.396 e. The molecule has 0 aliphatic carbocycles. The molecular weight excluding hydrogens is 292 g/mol. The standard InChI is InChI=1S/C17H24N4O2/c1-4-17(2,8-11-22)20-16(23)19-14-7-5-6-13(12-14)15-18-9-10-21(15)3/h5-7,9-10,12,22H,4,8,11H2,1-3H3,(H2,19,20,23). The van der Waals surface area contributed by atoms with E-state index in [-0.39, 0.29) is 12.6 Å². The average molecular weight is 316 g/mol. The molecule has 1 heterocycles. The van der Waals surface area contributed by atoms with Crippen LogP contribution in [0.2, 0.25) is 0 Å². The summed E-state index contributed by atoms with van der Waals surface area (Å²) in [6.07, 6.45) is 4.88. The van der Waals surface area contributed by atoms with Crippen molar-refractivity contribution in [2.75, 3.05) is 11.9 Å². The number of carbonyl (C=O) groups excluding carboxylic acids is 1. The lowest BCUT2D eigenvalue weighted by atomic mass is 9.95. The van der Waals surface area contributed by atoms with Crippen molar-refractivity contribution in [3.05, 3.63) is 36.7 Å². The van der Waals surface area contributed by atoms with Gasteiger partial charge in [-0.05, 0) is 31.9 Å². The Kier molecular flexibility index (Phi) is 5.39. The molecule has 0 aliphatic heterocycles. The predicted molar refractivity (Wildman–Crippen MR) is 91.2 cm³/mol. The van der Waals surface area contributed by atoms with Crippen molar-refractivity contribution in [3.8, 4) is 11.4 Å². The summed E-state index contributed by atoms with van der Waals surface area (Å²) in [6.45, 7) is 3.95. The number of aromatic nitrogens is 2. The summed E-state index contributed by atoms with van der Waals surface area (Å²) in [5.41, 5.74) is 1.21. The highest BCUT2D eigenvalue weighted by Crippen LogP contribution is 2.21. The molecule has 1 unspecified atom stereocenters. The number of aryl methyl sites for hydroxylation is 1. The first-order valence-electron chi connectivity index (χ1n) is 7.75. The highest BCUT2D eigenvalue weighted by Gasteiger charge is 2.23. The molecule has 0 aliphatic rings. The van der Waals surface area contributed by atoms with Gasteiger partial charge in [0.05, 0.1) is 0 Å². The normalized spacial score (nSPS) is 13.4. The van der Waals surface area contributed by atoms with E-state index in [0.29, 0.717) is 12.1 Å². The quantitative estimate of drug-likeness (QED) is 0.766. The molecule has 2 rings (SSSR count). The fourth-order valence-corrected chi connectivity index (χ4v) is 2.39. The molecule has 2 aromatic rings. The van der Waals surface area contributed by atoms with Crippen LogP contribution in [0.5, 0.6) is 0 Å². The minimum Gasteiger partial charge on any atom is -0.396 e. The molecule has 6 heteroatoms. The van der Waals surface area contributed by atoms with Gasteiger partial charge < -0.3 is 20.3 Å². The van der Waals surface area contributed by atoms with Crippen molar-refractivity contribution >= 4 is 11.7 Å². The molecule has 23 heavy (non-hydrogen) atoms. The topological polar surface area (TPSA) is 79.2 Å². The molecule has 1 atom stereocenters. The van der Waals surface area contributed by atoms with Crippen LogP contribution >= 0.6 is 0 Å². The van der Waals surface area contributed by atoms with Crippen molar-refractivity contribution in [3.63, 3.8) is 0 Å². The number of benzene rings is 1. The molecule has 124 valence electrons. The third-order valence-corrected chi connectivity index (χ3v) is 4.06. The summed E-state index contributed by atoms with van der Waals surface area (Å²) < 4.78 is 1.93. The van der Waals surface area contributed by atoms with Gasteiger partial charge in [0.1, 0.15) is 5.82 Å². The number of carbonyl (C=O) groups is 1. The lowest BCUT2D eigenvalue weighted by Crippen LogP contribution is -2.48. The molecule has 6 nitrogen and oxygen atoms in total. The van der Waals surface area contributed by atoms with E-state index in [1.165, 1.54) is 0 Å². The minimum absolute atomic E-state index is 0.0409. The van der Waals surface area contributed by atoms with Crippen molar-refractivity contribution in [1.82, 2.24) is 14.9 Å². The fourth-order valence-electron chi connectivity index (χ4n) is 2.39.